The number of carbonyl (C=O) groups is 2. The maximum Gasteiger partial charge on any atom is 0.273 e. The summed E-state index contributed by atoms with van der Waals surface area (Å²) in [5, 5.41) is 8.40. The number of nitrogens with one attached hydrogen (secondary N) is 3. The van der Waals surface area contributed by atoms with Crippen molar-refractivity contribution in [3.05, 3.63) is 71.4 Å². The van der Waals surface area contributed by atoms with Gasteiger partial charge in [-0.15, -0.1) is 11.3 Å². The molecule has 160 valence electrons. The molecule has 3 N–H and O–H groups in total. The summed E-state index contributed by atoms with van der Waals surface area (Å²) in [6.07, 6.45) is 2.65. The van der Waals surface area contributed by atoms with Gasteiger partial charge in [-0.2, -0.15) is 5.10 Å². The van der Waals surface area contributed by atoms with Gasteiger partial charge in [0, 0.05) is 18.8 Å². The topological polar surface area (TPSA) is 130 Å². The maximum absolute atomic E-state index is 12.6. The van der Waals surface area contributed by atoms with E-state index in [0.29, 0.717) is 11.4 Å². The average Bonchev–Trinajstić information content (AvgIpc) is 3.28. The standard InChI is InChI=1S/C20H19N5O4S2/c1-13(15-5-7-16(8-6-15)22-14(2)26)23-24-20(27)17-9-10-21-12-18(17)25-31(28,29)19-4-3-11-30-19/h3-12,25H,1-2H3,(H,22,26)(H,24,27)/b23-13+. The zero-order chi connectivity index (χ0) is 22.4. The van der Waals surface area contributed by atoms with Crippen LogP contribution in [0.5, 0.6) is 0 Å². The Hall–Kier alpha value is -3.57. The lowest BCUT2D eigenvalue weighted by molar-refractivity contribution is -0.114. The predicted octanol–water partition coefficient (Wildman–Crippen LogP) is 3.06. The van der Waals surface area contributed by atoms with Crippen LogP contribution in [0.1, 0.15) is 29.8 Å². The molecule has 31 heavy (non-hydrogen) atoms. The zero-order valence-corrected chi connectivity index (χ0v) is 18.3. The molecule has 0 bridgehead atoms. The van der Waals surface area contributed by atoms with Crippen LogP contribution in [-0.4, -0.2) is 30.9 Å². The number of carbonyl (C=O) groups excluding carboxylic acids is 2. The quantitative estimate of drug-likeness (QED) is 0.371. The number of hydrogen-bond donors (Lipinski definition) is 3. The number of rotatable bonds is 7. The van der Waals surface area contributed by atoms with Crippen molar-refractivity contribution in [1.82, 2.24) is 10.4 Å². The van der Waals surface area contributed by atoms with E-state index in [1.165, 1.54) is 31.5 Å². The fourth-order valence-corrected chi connectivity index (χ4v) is 4.60. The molecule has 0 fully saturated rings. The third-order valence-corrected chi connectivity index (χ3v) is 6.78. The summed E-state index contributed by atoms with van der Waals surface area (Å²) in [5.74, 6) is -0.770. The van der Waals surface area contributed by atoms with Crippen LogP contribution >= 0.6 is 11.3 Å². The normalized spacial score (nSPS) is 11.6. The van der Waals surface area contributed by atoms with Gasteiger partial charge in [0.25, 0.3) is 15.9 Å². The zero-order valence-electron chi connectivity index (χ0n) is 16.6. The first kappa shape index (κ1) is 22.1. The van der Waals surface area contributed by atoms with Gasteiger partial charge in [0.1, 0.15) is 4.21 Å². The second kappa shape index (κ2) is 9.49. The summed E-state index contributed by atoms with van der Waals surface area (Å²) in [5.41, 5.74) is 4.45. The van der Waals surface area contributed by atoms with E-state index in [-0.39, 0.29) is 21.4 Å². The minimum atomic E-state index is -3.83. The molecule has 2 aromatic heterocycles. The molecule has 0 aliphatic rings. The molecule has 0 saturated carbocycles. The maximum atomic E-state index is 12.6. The summed E-state index contributed by atoms with van der Waals surface area (Å²) in [6.45, 7) is 3.13. The number of thiophene rings is 1. The van der Waals surface area contributed by atoms with E-state index in [9.17, 15) is 18.0 Å². The summed E-state index contributed by atoms with van der Waals surface area (Å²) < 4.78 is 27.5. The summed E-state index contributed by atoms with van der Waals surface area (Å²) >= 11 is 1.06. The molecule has 0 atom stereocenters. The Morgan fingerprint density at radius 1 is 1.06 bits per heavy atom. The van der Waals surface area contributed by atoms with E-state index in [0.717, 1.165) is 16.9 Å². The molecule has 0 aliphatic carbocycles. The van der Waals surface area contributed by atoms with Crippen molar-refractivity contribution < 1.29 is 18.0 Å². The SMILES string of the molecule is CC(=O)Nc1ccc(/C(C)=N/NC(=O)c2ccncc2NS(=O)(=O)c2cccs2)cc1. The van der Waals surface area contributed by atoms with Gasteiger partial charge in [0.2, 0.25) is 5.91 Å². The molecular weight excluding hydrogens is 438 g/mol. The number of pyridine rings is 1. The average molecular weight is 458 g/mol. The second-order valence-corrected chi connectivity index (χ2v) is 9.21. The van der Waals surface area contributed by atoms with Gasteiger partial charge in [0.15, 0.2) is 0 Å². The van der Waals surface area contributed by atoms with Gasteiger partial charge >= 0.3 is 0 Å². The molecule has 1 aromatic carbocycles. The highest BCUT2D eigenvalue weighted by atomic mass is 32.2. The highest BCUT2D eigenvalue weighted by Gasteiger charge is 2.19. The lowest BCUT2D eigenvalue weighted by atomic mass is 10.1. The molecule has 3 rings (SSSR count). The molecule has 11 heteroatoms. The van der Waals surface area contributed by atoms with E-state index < -0.39 is 15.9 Å². The van der Waals surface area contributed by atoms with Crippen molar-refractivity contribution in [2.45, 2.75) is 18.1 Å². The molecule has 0 saturated heterocycles. The van der Waals surface area contributed by atoms with Crippen molar-refractivity contribution in [3.63, 3.8) is 0 Å². The molecule has 0 spiro atoms. The van der Waals surface area contributed by atoms with E-state index in [1.807, 2.05) is 0 Å². The lowest BCUT2D eigenvalue weighted by Crippen LogP contribution is -2.22. The number of hydrazone groups is 1. The van der Waals surface area contributed by atoms with Crippen LogP contribution in [0.25, 0.3) is 0 Å². The minimum absolute atomic E-state index is 0.0425. The number of benzene rings is 1. The fourth-order valence-electron chi connectivity index (χ4n) is 2.54. The first-order valence-electron chi connectivity index (χ1n) is 8.99. The predicted molar refractivity (Wildman–Crippen MR) is 120 cm³/mol. The Morgan fingerprint density at radius 3 is 2.45 bits per heavy atom. The number of nitrogens with zero attached hydrogens (tertiary/aromatic N) is 2. The van der Waals surface area contributed by atoms with Crippen LogP contribution < -0.4 is 15.5 Å². The van der Waals surface area contributed by atoms with Gasteiger partial charge in [-0.3, -0.25) is 19.3 Å². The minimum Gasteiger partial charge on any atom is -0.326 e. The molecule has 0 aliphatic heterocycles. The first-order valence-corrected chi connectivity index (χ1v) is 11.4. The number of amides is 2. The lowest BCUT2D eigenvalue weighted by Gasteiger charge is -2.10. The smallest absolute Gasteiger partial charge is 0.273 e. The van der Waals surface area contributed by atoms with Crippen LogP contribution in [0.3, 0.4) is 0 Å². The number of anilines is 2. The monoisotopic (exact) mass is 457 g/mol. The Balaban J connectivity index is 1.74. The van der Waals surface area contributed by atoms with Gasteiger partial charge in [-0.25, -0.2) is 13.8 Å². The van der Waals surface area contributed by atoms with Crippen molar-refractivity contribution in [3.8, 4) is 0 Å². The summed E-state index contributed by atoms with van der Waals surface area (Å²) in [6, 6.07) is 11.4. The molecule has 2 amide bonds. The van der Waals surface area contributed by atoms with Crippen molar-refractivity contribution >= 4 is 50.3 Å². The van der Waals surface area contributed by atoms with Crippen molar-refractivity contribution in [2.24, 2.45) is 5.10 Å². The van der Waals surface area contributed by atoms with E-state index in [2.05, 4.69) is 25.6 Å². The Morgan fingerprint density at radius 2 is 1.81 bits per heavy atom. The highest BCUT2D eigenvalue weighted by molar-refractivity contribution is 7.94. The van der Waals surface area contributed by atoms with Crippen LogP contribution in [0.2, 0.25) is 0 Å². The Bertz CT molecular complexity index is 1220. The number of aromatic nitrogens is 1. The second-order valence-electron chi connectivity index (χ2n) is 6.36. The molecule has 2 heterocycles. The molecule has 0 unspecified atom stereocenters. The van der Waals surface area contributed by atoms with Crippen molar-refractivity contribution in [2.75, 3.05) is 10.0 Å². The van der Waals surface area contributed by atoms with Gasteiger partial charge in [0.05, 0.1) is 23.2 Å². The third kappa shape index (κ3) is 5.74. The third-order valence-electron chi connectivity index (χ3n) is 4.02. The largest absolute Gasteiger partial charge is 0.326 e. The molecular formula is C20H19N5O4S2. The molecule has 3 aromatic rings. The van der Waals surface area contributed by atoms with Crippen molar-refractivity contribution in [1.29, 1.82) is 0 Å². The molecule has 9 nitrogen and oxygen atoms in total. The van der Waals surface area contributed by atoms with Crippen LogP contribution in [0.4, 0.5) is 11.4 Å². The Kier molecular flexibility index (Phi) is 6.78. The van der Waals surface area contributed by atoms with Crippen LogP contribution in [0, 0.1) is 0 Å². The summed E-state index contributed by atoms with van der Waals surface area (Å²) in [4.78, 5) is 27.6. The van der Waals surface area contributed by atoms with Gasteiger partial charge in [-0.05, 0) is 42.1 Å². The fraction of sp³-hybridized carbons (Fsp3) is 0.100. The van der Waals surface area contributed by atoms with E-state index in [4.69, 9.17) is 0 Å². The first-order chi connectivity index (χ1) is 14.8. The highest BCUT2D eigenvalue weighted by Crippen LogP contribution is 2.22. The van der Waals surface area contributed by atoms with Gasteiger partial charge in [-0.1, -0.05) is 18.2 Å². The number of sulfonamides is 1. The summed E-state index contributed by atoms with van der Waals surface area (Å²) in [7, 11) is -3.83. The number of hydrogen-bond acceptors (Lipinski definition) is 7. The Labute approximate surface area is 183 Å². The molecule has 0 radical (unpaired) electrons. The van der Waals surface area contributed by atoms with E-state index in [1.54, 1.807) is 42.6 Å². The van der Waals surface area contributed by atoms with E-state index >= 15 is 0 Å². The van der Waals surface area contributed by atoms with Crippen LogP contribution in [-0.2, 0) is 14.8 Å². The van der Waals surface area contributed by atoms with Gasteiger partial charge < -0.3 is 5.32 Å². The van der Waals surface area contributed by atoms with Crippen LogP contribution in [0.15, 0.2) is 69.5 Å².